The molecule has 100 valence electrons. The number of halogens is 3. The first kappa shape index (κ1) is 14.2. The quantitative estimate of drug-likeness (QED) is 0.743. The number of hydrogen-bond acceptors (Lipinski definition) is 3. The number of hydrogen-bond donors (Lipinski definition) is 3. The molecule has 1 rings (SSSR count). The maximum atomic E-state index is 12.3. The Labute approximate surface area is 99.6 Å². The van der Waals surface area contributed by atoms with Crippen molar-refractivity contribution in [2.24, 2.45) is 0 Å². The average molecular weight is 264 g/mol. The largest absolute Gasteiger partial charge is 0.431 e. The van der Waals surface area contributed by atoms with Gasteiger partial charge in [-0.2, -0.15) is 13.2 Å². The maximum absolute atomic E-state index is 12.3. The van der Waals surface area contributed by atoms with Crippen molar-refractivity contribution in [3.63, 3.8) is 0 Å². The van der Waals surface area contributed by atoms with E-state index in [1.54, 1.807) is 4.98 Å². The summed E-state index contributed by atoms with van der Waals surface area (Å²) in [7, 11) is 0. The molecule has 0 unspecified atom stereocenters. The third-order valence-electron chi connectivity index (χ3n) is 2.02. The van der Waals surface area contributed by atoms with Crippen LogP contribution in [-0.4, -0.2) is 28.6 Å². The van der Waals surface area contributed by atoms with Crippen LogP contribution in [0.2, 0.25) is 0 Å². The average Bonchev–Trinajstić information content (AvgIpc) is 2.24. The third kappa shape index (κ3) is 3.59. The molecule has 0 fully saturated rings. The highest BCUT2D eigenvalue weighted by atomic mass is 19.4. The van der Waals surface area contributed by atoms with Crippen molar-refractivity contribution in [3.05, 3.63) is 33.7 Å². The monoisotopic (exact) mass is 264 g/mol. The number of rotatable bonds is 3. The predicted molar refractivity (Wildman–Crippen MR) is 56.1 cm³/mol. The first-order valence-electron chi connectivity index (χ1n) is 4.98. The smallest absolute Gasteiger partial charge is 0.392 e. The van der Waals surface area contributed by atoms with Crippen molar-refractivity contribution >= 4 is 5.91 Å². The lowest BCUT2D eigenvalue weighted by Gasteiger charge is -2.08. The second kappa shape index (κ2) is 5.21. The van der Waals surface area contributed by atoms with Gasteiger partial charge in [0.25, 0.3) is 11.5 Å². The number of aliphatic hydroxyl groups is 1. The van der Waals surface area contributed by atoms with Gasteiger partial charge in [-0.25, -0.2) is 0 Å². The van der Waals surface area contributed by atoms with Crippen molar-refractivity contribution in [2.45, 2.75) is 19.2 Å². The fourth-order valence-electron chi connectivity index (χ4n) is 1.15. The van der Waals surface area contributed by atoms with Gasteiger partial charge in [-0.05, 0) is 19.1 Å². The Kier molecular flexibility index (Phi) is 4.12. The summed E-state index contributed by atoms with van der Waals surface area (Å²) in [5.41, 5.74) is -2.80. The zero-order chi connectivity index (χ0) is 13.9. The van der Waals surface area contributed by atoms with Gasteiger partial charge in [-0.3, -0.25) is 9.59 Å². The predicted octanol–water partition coefficient (Wildman–Crippen LogP) is 0.504. The molecule has 0 bridgehead atoms. The summed E-state index contributed by atoms with van der Waals surface area (Å²) < 4.78 is 36.8. The molecule has 1 aromatic heterocycles. The molecule has 0 radical (unpaired) electrons. The zero-order valence-corrected chi connectivity index (χ0v) is 9.34. The highest BCUT2D eigenvalue weighted by molar-refractivity contribution is 5.93. The Hall–Kier alpha value is -1.83. The molecule has 0 aliphatic carbocycles. The molecule has 1 aromatic rings. The molecule has 0 saturated heterocycles. The fraction of sp³-hybridized carbons (Fsp3) is 0.400. The van der Waals surface area contributed by atoms with Crippen molar-refractivity contribution in [1.29, 1.82) is 0 Å². The molecule has 0 spiro atoms. The Morgan fingerprint density at radius 1 is 1.50 bits per heavy atom. The molecule has 0 saturated carbocycles. The number of aromatic nitrogens is 1. The van der Waals surface area contributed by atoms with E-state index < -0.39 is 35.0 Å². The van der Waals surface area contributed by atoms with Crippen LogP contribution >= 0.6 is 0 Å². The second-order valence-corrected chi connectivity index (χ2v) is 3.67. The van der Waals surface area contributed by atoms with Gasteiger partial charge in [0.2, 0.25) is 0 Å². The molecule has 3 N–H and O–H groups in total. The van der Waals surface area contributed by atoms with Gasteiger partial charge in [-0.15, -0.1) is 0 Å². The van der Waals surface area contributed by atoms with Crippen LogP contribution in [-0.2, 0) is 6.18 Å². The van der Waals surface area contributed by atoms with Gasteiger partial charge in [0.15, 0.2) is 0 Å². The molecule has 8 heteroatoms. The summed E-state index contributed by atoms with van der Waals surface area (Å²) in [6.07, 6.45) is -5.49. The maximum Gasteiger partial charge on any atom is 0.431 e. The van der Waals surface area contributed by atoms with E-state index in [1.807, 2.05) is 0 Å². The summed E-state index contributed by atoms with van der Waals surface area (Å²) in [6, 6.07) is 1.40. The Morgan fingerprint density at radius 3 is 2.56 bits per heavy atom. The second-order valence-electron chi connectivity index (χ2n) is 3.67. The van der Waals surface area contributed by atoms with Crippen LogP contribution < -0.4 is 10.9 Å². The van der Waals surface area contributed by atoms with Gasteiger partial charge in [0.05, 0.1) is 6.10 Å². The van der Waals surface area contributed by atoms with Gasteiger partial charge >= 0.3 is 6.18 Å². The number of aromatic amines is 1. The summed E-state index contributed by atoms with van der Waals surface area (Å²) in [5.74, 6) is -0.842. The minimum absolute atomic E-state index is 0.0979. The van der Waals surface area contributed by atoms with Crippen LogP contribution in [0, 0.1) is 0 Å². The summed E-state index contributed by atoms with van der Waals surface area (Å²) >= 11 is 0. The van der Waals surface area contributed by atoms with Crippen LogP contribution in [0.15, 0.2) is 16.9 Å². The molecule has 0 aliphatic heterocycles. The van der Waals surface area contributed by atoms with E-state index in [0.29, 0.717) is 6.07 Å². The number of pyridine rings is 1. The van der Waals surface area contributed by atoms with E-state index in [0.717, 1.165) is 6.07 Å². The SMILES string of the molecule is C[C@H](O)CNC(=O)c1ccc(C(F)(F)F)[nH]c1=O. The topological polar surface area (TPSA) is 82.2 Å². The number of carbonyl (C=O) groups excluding carboxylic acids is 1. The molecule has 0 aliphatic rings. The van der Waals surface area contributed by atoms with E-state index >= 15 is 0 Å². The van der Waals surface area contributed by atoms with Crippen molar-refractivity contribution in [3.8, 4) is 0 Å². The van der Waals surface area contributed by atoms with Crippen molar-refractivity contribution in [2.75, 3.05) is 6.54 Å². The fourth-order valence-corrected chi connectivity index (χ4v) is 1.15. The van der Waals surface area contributed by atoms with Crippen molar-refractivity contribution in [1.82, 2.24) is 10.3 Å². The molecular formula is C10H11F3N2O3. The first-order valence-corrected chi connectivity index (χ1v) is 4.98. The van der Waals surface area contributed by atoms with Gasteiger partial charge in [-0.1, -0.05) is 0 Å². The molecule has 1 amide bonds. The lowest BCUT2D eigenvalue weighted by molar-refractivity contribution is -0.141. The number of amides is 1. The van der Waals surface area contributed by atoms with E-state index in [2.05, 4.69) is 5.32 Å². The number of nitrogens with one attached hydrogen (secondary N) is 2. The van der Waals surface area contributed by atoms with Crippen LogP contribution in [0.4, 0.5) is 13.2 Å². The standard InChI is InChI=1S/C10H11F3N2O3/c1-5(16)4-14-8(17)6-2-3-7(10(11,12)13)15-9(6)18/h2-3,5,16H,4H2,1H3,(H,14,17)(H,15,18)/t5-/m0/s1. The zero-order valence-electron chi connectivity index (χ0n) is 9.34. The lowest BCUT2D eigenvalue weighted by atomic mass is 10.2. The molecule has 1 heterocycles. The molecular weight excluding hydrogens is 253 g/mol. The molecule has 5 nitrogen and oxygen atoms in total. The Balaban J connectivity index is 2.93. The third-order valence-corrected chi connectivity index (χ3v) is 2.02. The van der Waals surface area contributed by atoms with E-state index in [4.69, 9.17) is 5.11 Å². The number of carbonyl (C=O) groups is 1. The Morgan fingerprint density at radius 2 is 2.11 bits per heavy atom. The van der Waals surface area contributed by atoms with E-state index in [9.17, 15) is 22.8 Å². The normalized spacial score (nSPS) is 13.2. The van der Waals surface area contributed by atoms with Crippen molar-refractivity contribution < 1.29 is 23.1 Å². The summed E-state index contributed by atoms with van der Waals surface area (Å²) in [6.45, 7) is 1.32. The van der Waals surface area contributed by atoms with Gasteiger partial charge in [0, 0.05) is 6.54 Å². The van der Waals surface area contributed by atoms with Crippen LogP contribution in [0.5, 0.6) is 0 Å². The van der Waals surface area contributed by atoms with Crippen LogP contribution in [0.3, 0.4) is 0 Å². The number of aliphatic hydroxyl groups excluding tert-OH is 1. The van der Waals surface area contributed by atoms with E-state index in [-0.39, 0.29) is 6.54 Å². The highest BCUT2D eigenvalue weighted by Crippen LogP contribution is 2.26. The summed E-state index contributed by atoms with van der Waals surface area (Å²) in [5, 5.41) is 11.1. The lowest BCUT2D eigenvalue weighted by Crippen LogP contribution is -2.34. The Bertz CT molecular complexity index is 494. The van der Waals surface area contributed by atoms with E-state index in [1.165, 1.54) is 6.92 Å². The minimum atomic E-state index is -4.67. The molecule has 0 aromatic carbocycles. The highest BCUT2D eigenvalue weighted by Gasteiger charge is 2.32. The number of H-pyrrole nitrogens is 1. The summed E-state index contributed by atoms with van der Waals surface area (Å²) in [4.78, 5) is 24.3. The van der Waals surface area contributed by atoms with Gasteiger partial charge in [0.1, 0.15) is 11.3 Å². The molecule has 1 atom stereocenters. The van der Waals surface area contributed by atoms with Crippen LogP contribution in [0.1, 0.15) is 23.0 Å². The molecule has 18 heavy (non-hydrogen) atoms. The number of alkyl halides is 3. The van der Waals surface area contributed by atoms with Crippen LogP contribution in [0.25, 0.3) is 0 Å². The van der Waals surface area contributed by atoms with Gasteiger partial charge < -0.3 is 15.4 Å². The minimum Gasteiger partial charge on any atom is -0.392 e. The first-order chi connectivity index (χ1) is 8.21.